The van der Waals surface area contributed by atoms with Crippen LogP contribution in [0.4, 0.5) is 0 Å². The summed E-state index contributed by atoms with van der Waals surface area (Å²) in [6.07, 6.45) is 0. The molecule has 5 rings (SSSR count). The van der Waals surface area contributed by atoms with Crippen LogP contribution >= 0.6 is 11.3 Å². The summed E-state index contributed by atoms with van der Waals surface area (Å²) in [5.74, 6) is 1.55. The molecule has 30 heavy (non-hydrogen) atoms. The monoisotopic (exact) mass is 415 g/mol. The predicted octanol–water partition coefficient (Wildman–Crippen LogP) is 5.45. The Hall–Kier alpha value is -3.71. The fourth-order valence-corrected chi connectivity index (χ4v) is 4.18. The number of aromatic nitrogens is 2. The number of benzene rings is 2. The normalized spacial score (nSPS) is 11.1. The SMILES string of the molecule is Cc1onc(-c2ccccc2)c1C(=O)NCc1ccc(-c2nc3ccccc3s2)o1. The number of aryl methyl sites for hydroxylation is 1. The van der Waals surface area contributed by atoms with E-state index in [1.54, 1.807) is 18.3 Å². The van der Waals surface area contributed by atoms with Crippen molar-refractivity contribution in [1.29, 1.82) is 0 Å². The highest BCUT2D eigenvalue weighted by Gasteiger charge is 2.21. The van der Waals surface area contributed by atoms with Gasteiger partial charge in [-0.05, 0) is 31.2 Å². The van der Waals surface area contributed by atoms with E-state index in [1.807, 2.05) is 66.7 Å². The quantitative estimate of drug-likeness (QED) is 0.413. The molecule has 7 heteroatoms. The van der Waals surface area contributed by atoms with E-state index < -0.39 is 0 Å². The molecule has 0 saturated carbocycles. The first-order chi connectivity index (χ1) is 14.7. The number of carbonyl (C=O) groups excluding carboxylic acids is 1. The maximum atomic E-state index is 12.8. The molecule has 5 aromatic rings. The lowest BCUT2D eigenvalue weighted by Gasteiger charge is -2.04. The van der Waals surface area contributed by atoms with Crippen LogP contribution in [0, 0.1) is 6.92 Å². The van der Waals surface area contributed by atoms with Gasteiger partial charge in [0, 0.05) is 5.56 Å². The van der Waals surface area contributed by atoms with Crippen LogP contribution in [0.15, 0.2) is 75.7 Å². The van der Waals surface area contributed by atoms with Crippen LogP contribution in [0.1, 0.15) is 21.9 Å². The van der Waals surface area contributed by atoms with Crippen LogP contribution in [0.25, 0.3) is 32.2 Å². The molecule has 0 atom stereocenters. The van der Waals surface area contributed by atoms with Crippen LogP contribution in [0.2, 0.25) is 0 Å². The van der Waals surface area contributed by atoms with Gasteiger partial charge in [0.15, 0.2) is 10.8 Å². The molecule has 0 radical (unpaired) electrons. The van der Waals surface area contributed by atoms with Gasteiger partial charge >= 0.3 is 0 Å². The fraction of sp³-hybridized carbons (Fsp3) is 0.0870. The Bertz CT molecular complexity index is 1300. The minimum absolute atomic E-state index is 0.253. The van der Waals surface area contributed by atoms with Crippen LogP contribution < -0.4 is 5.32 Å². The summed E-state index contributed by atoms with van der Waals surface area (Å²) in [4.78, 5) is 17.4. The van der Waals surface area contributed by atoms with Gasteiger partial charge in [-0.25, -0.2) is 4.98 Å². The summed E-state index contributed by atoms with van der Waals surface area (Å²) < 4.78 is 12.3. The highest BCUT2D eigenvalue weighted by molar-refractivity contribution is 7.21. The van der Waals surface area contributed by atoms with E-state index >= 15 is 0 Å². The van der Waals surface area contributed by atoms with E-state index in [0.717, 1.165) is 20.8 Å². The number of hydrogen-bond acceptors (Lipinski definition) is 6. The van der Waals surface area contributed by atoms with Crippen molar-refractivity contribution in [2.75, 3.05) is 0 Å². The Labute approximate surface area is 176 Å². The summed E-state index contributed by atoms with van der Waals surface area (Å²) >= 11 is 1.57. The first-order valence-electron chi connectivity index (χ1n) is 9.43. The largest absolute Gasteiger partial charge is 0.457 e. The second kappa shape index (κ2) is 7.61. The van der Waals surface area contributed by atoms with Crippen molar-refractivity contribution in [2.45, 2.75) is 13.5 Å². The number of fused-ring (bicyclic) bond motifs is 1. The fourth-order valence-electron chi connectivity index (χ4n) is 3.25. The van der Waals surface area contributed by atoms with Gasteiger partial charge in [0.1, 0.15) is 22.8 Å². The molecule has 0 fully saturated rings. The Kier molecular flexibility index (Phi) is 4.65. The zero-order chi connectivity index (χ0) is 20.5. The average Bonchev–Trinajstić information content (AvgIpc) is 3.50. The molecule has 0 bridgehead atoms. The lowest BCUT2D eigenvalue weighted by molar-refractivity contribution is 0.0947. The van der Waals surface area contributed by atoms with Crippen molar-refractivity contribution in [3.8, 4) is 22.0 Å². The molecule has 0 unspecified atom stereocenters. The Morgan fingerprint density at radius 1 is 1.03 bits per heavy atom. The van der Waals surface area contributed by atoms with E-state index in [4.69, 9.17) is 8.94 Å². The molecule has 0 aliphatic carbocycles. The summed E-state index contributed by atoms with van der Waals surface area (Å²) in [6.45, 7) is 1.98. The van der Waals surface area contributed by atoms with Crippen molar-refractivity contribution in [3.63, 3.8) is 0 Å². The molecule has 6 nitrogen and oxygen atoms in total. The molecular formula is C23H17N3O3S. The van der Waals surface area contributed by atoms with Gasteiger partial charge in [-0.2, -0.15) is 0 Å². The highest BCUT2D eigenvalue weighted by Crippen LogP contribution is 2.31. The van der Waals surface area contributed by atoms with E-state index in [9.17, 15) is 4.79 Å². The summed E-state index contributed by atoms with van der Waals surface area (Å²) in [5.41, 5.74) is 2.73. The van der Waals surface area contributed by atoms with E-state index in [-0.39, 0.29) is 12.5 Å². The third-order valence-corrected chi connectivity index (χ3v) is 5.78. The third-order valence-electron chi connectivity index (χ3n) is 4.73. The topological polar surface area (TPSA) is 81.2 Å². The number of thiazole rings is 1. The van der Waals surface area contributed by atoms with Crippen LogP contribution in [-0.4, -0.2) is 16.0 Å². The first kappa shape index (κ1) is 18.3. The van der Waals surface area contributed by atoms with E-state index in [2.05, 4.69) is 15.5 Å². The van der Waals surface area contributed by atoms with Crippen molar-refractivity contribution in [1.82, 2.24) is 15.5 Å². The maximum Gasteiger partial charge on any atom is 0.257 e. The van der Waals surface area contributed by atoms with Crippen molar-refractivity contribution < 1.29 is 13.7 Å². The predicted molar refractivity (Wildman–Crippen MR) is 115 cm³/mol. The van der Waals surface area contributed by atoms with Crippen LogP contribution in [-0.2, 0) is 6.54 Å². The summed E-state index contributed by atoms with van der Waals surface area (Å²) in [6, 6.07) is 21.2. The lowest BCUT2D eigenvalue weighted by atomic mass is 10.1. The van der Waals surface area contributed by atoms with Crippen molar-refractivity contribution in [2.24, 2.45) is 0 Å². The minimum atomic E-state index is -0.259. The molecule has 3 aromatic heterocycles. The highest BCUT2D eigenvalue weighted by atomic mass is 32.1. The van der Waals surface area contributed by atoms with Crippen LogP contribution in [0.5, 0.6) is 0 Å². The number of hydrogen-bond donors (Lipinski definition) is 1. The molecular weight excluding hydrogens is 398 g/mol. The molecule has 2 aromatic carbocycles. The Balaban J connectivity index is 1.33. The van der Waals surface area contributed by atoms with E-state index in [1.165, 1.54) is 0 Å². The molecule has 1 N–H and O–H groups in total. The van der Waals surface area contributed by atoms with Gasteiger partial charge in [-0.15, -0.1) is 11.3 Å². The average molecular weight is 415 g/mol. The number of carbonyl (C=O) groups is 1. The van der Waals surface area contributed by atoms with Gasteiger partial charge in [-0.3, -0.25) is 4.79 Å². The van der Waals surface area contributed by atoms with Gasteiger partial charge in [0.25, 0.3) is 5.91 Å². The number of para-hydroxylation sites is 1. The summed E-state index contributed by atoms with van der Waals surface area (Å²) in [5, 5.41) is 7.77. The zero-order valence-electron chi connectivity index (χ0n) is 16.1. The van der Waals surface area contributed by atoms with Gasteiger partial charge in [-0.1, -0.05) is 47.6 Å². The molecule has 3 heterocycles. The van der Waals surface area contributed by atoms with Gasteiger partial charge in [0.2, 0.25) is 0 Å². The van der Waals surface area contributed by atoms with Crippen LogP contribution in [0.3, 0.4) is 0 Å². The zero-order valence-corrected chi connectivity index (χ0v) is 16.9. The Morgan fingerprint density at radius 3 is 2.67 bits per heavy atom. The number of nitrogens with zero attached hydrogens (tertiary/aromatic N) is 2. The first-order valence-corrected chi connectivity index (χ1v) is 10.3. The third kappa shape index (κ3) is 3.40. The van der Waals surface area contributed by atoms with Crippen molar-refractivity contribution in [3.05, 3.63) is 83.8 Å². The molecule has 0 aliphatic heterocycles. The number of rotatable bonds is 5. The molecule has 148 valence electrons. The van der Waals surface area contributed by atoms with Gasteiger partial charge in [0.05, 0.1) is 16.8 Å². The molecule has 1 amide bonds. The minimum Gasteiger partial charge on any atom is -0.457 e. The standard InChI is InChI=1S/C23H17N3O3S/c1-14-20(21(26-29-14)15-7-3-2-4-8-15)22(27)24-13-16-11-12-18(28-16)23-25-17-9-5-6-10-19(17)30-23/h2-12H,13H2,1H3,(H,24,27). The second-order valence-corrected chi connectivity index (χ2v) is 7.79. The second-order valence-electron chi connectivity index (χ2n) is 6.76. The summed E-state index contributed by atoms with van der Waals surface area (Å²) in [7, 11) is 0. The Morgan fingerprint density at radius 2 is 1.83 bits per heavy atom. The van der Waals surface area contributed by atoms with Crippen molar-refractivity contribution >= 4 is 27.5 Å². The smallest absolute Gasteiger partial charge is 0.257 e. The van der Waals surface area contributed by atoms with Gasteiger partial charge < -0.3 is 14.3 Å². The van der Waals surface area contributed by atoms with E-state index in [0.29, 0.717) is 28.5 Å². The number of nitrogens with one attached hydrogen (secondary N) is 1. The molecule has 0 aliphatic rings. The number of furan rings is 1. The molecule has 0 saturated heterocycles. The lowest BCUT2D eigenvalue weighted by Crippen LogP contribution is -2.23. The maximum absolute atomic E-state index is 12.8. The number of amides is 1. The molecule has 0 spiro atoms.